The van der Waals surface area contributed by atoms with Crippen molar-refractivity contribution < 1.29 is 14.5 Å². The van der Waals surface area contributed by atoms with Crippen LogP contribution in [0.25, 0.3) is 0 Å². The molecule has 1 heterocycles. The second-order valence-electron chi connectivity index (χ2n) is 4.26. The van der Waals surface area contributed by atoms with Gasteiger partial charge in [0.1, 0.15) is 11.9 Å². The number of pyridine rings is 1. The van der Waals surface area contributed by atoms with Crippen molar-refractivity contribution in [3.63, 3.8) is 0 Å². The molecule has 7 nitrogen and oxygen atoms in total. The summed E-state index contributed by atoms with van der Waals surface area (Å²) in [6.45, 7) is 1.75. The minimum atomic E-state index is -0.710. The molecule has 0 saturated heterocycles. The minimum Gasteiger partial charge on any atom is -0.287 e. The summed E-state index contributed by atoms with van der Waals surface area (Å²) in [5.74, 6) is -1.25. The molecule has 21 heavy (non-hydrogen) atoms. The Balaban J connectivity index is 2.13. The first-order valence-corrected chi connectivity index (χ1v) is 6.01. The average Bonchev–Trinajstić information content (AvgIpc) is 2.47. The van der Waals surface area contributed by atoms with Crippen LogP contribution < -0.4 is 5.32 Å². The molecule has 0 bridgehead atoms. The van der Waals surface area contributed by atoms with Crippen LogP contribution in [-0.4, -0.2) is 21.7 Å². The van der Waals surface area contributed by atoms with Gasteiger partial charge in [-0.3, -0.25) is 25.0 Å². The molecular formula is C14H11N3O4. The molecule has 0 radical (unpaired) electrons. The third-order valence-electron chi connectivity index (χ3n) is 2.81. The number of amides is 2. The van der Waals surface area contributed by atoms with Crippen molar-refractivity contribution in [1.29, 1.82) is 0 Å². The third-order valence-corrected chi connectivity index (χ3v) is 2.81. The monoisotopic (exact) mass is 285 g/mol. The van der Waals surface area contributed by atoms with Gasteiger partial charge in [0.05, 0.1) is 4.92 Å². The van der Waals surface area contributed by atoms with E-state index in [0.29, 0.717) is 5.56 Å². The van der Waals surface area contributed by atoms with Gasteiger partial charge in [0.15, 0.2) is 0 Å². The zero-order valence-electron chi connectivity index (χ0n) is 11.1. The maximum absolute atomic E-state index is 12.0. The van der Waals surface area contributed by atoms with E-state index >= 15 is 0 Å². The summed E-state index contributed by atoms with van der Waals surface area (Å²) >= 11 is 0. The van der Waals surface area contributed by atoms with Crippen LogP contribution in [0.3, 0.4) is 0 Å². The van der Waals surface area contributed by atoms with Crippen molar-refractivity contribution in [2.75, 3.05) is 0 Å². The molecule has 0 spiro atoms. The predicted octanol–water partition coefficient (Wildman–Crippen LogP) is 1.87. The first kappa shape index (κ1) is 14.3. The fraction of sp³-hybridized carbons (Fsp3) is 0.0714. The van der Waals surface area contributed by atoms with Gasteiger partial charge in [-0.15, -0.1) is 0 Å². The van der Waals surface area contributed by atoms with Gasteiger partial charge < -0.3 is 0 Å². The van der Waals surface area contributed by atoms with Crippen LogP contribution in [0.5, 0.6) is 0 Å². The standard InChI is InChI=1S/C14H11N3O4/c1-9-4-2-3-5-11(9)13(18)16-14(19)12-7-6-10(8-15-12)17(20)21/h2-8H,1H3,(H,16,18,19). The van der Waals surface area contributed by atoms with E-state index in [1.165, 1.54) is 6.07 Å². The SMILES string of the molecule is Cc1ccccc1C(=O)NC(=O)c1ccc([N+](=O)[O-])cn1. The van der Waals surface area contributed by atoms with Crippen LogP contribution in [0.15, 0.2) is 42.6 Å². The van der Waals surface area contributed by atoms with Crippen molar-refractivity contribution in [2.45, 2.75) is 6.92 Å². The van der Waals surface area contributed by atoms with E-state index in [1.807, 2.05) is 0 Å². The zero-order chi connectivity index (χ0) is 15.4. The van der Waals surface area contributed by atoms with Crippen LogP contribution in [-0.2, 0) is 0 Å². The summed E-state index contributed by atoms with van der Waals surface area (Å²) in [5, 5.41) is 12.7. The molecule has 1 aromatic heterocycles. The average molecular weight is 285 g/mol. The molecule has 1 aromatic carbocycles. The van der Waals surface area contributed by atoms with Gasteiger partial charge in [-0.2, -0.15) is 0 Å². The Hall–Kier alpha value is -3.09. The third kappa shape index (κ3) is 3.27. The summed E-state index contributed by atoms with van der Waals surface area (Å²) in [4.78, 5) is 37.4. The molecule has 0 atom stereocenters. The van der Waals surface area contributed by atoms with Gasteiger partial charge >= 0.3 is 0 Å². The van der Waals surface area contributed by atoms with Crippen LogP contribution in [0.2, 0.25) is 0 Å². The summed E-state index contributed by atoms with van der Waals surface area (Å²) in [6.07, 6.45) is 0.965. The van der Waals surface area contributed by atoms with E-state index in [2.05, 4.69) is 10.3 Å². The lowest BCUT2D eigenvalue weighted by molar-refractivity contribution is -0.385. The van der Waals surface area contributed by atoms with E-state index in [-0.39, 0.29) is 11.4 Å². The van der Waals surface area contributed by atoms with E-state index < -0.39 is 16.7 Å². The van der Waals surface area contributed by atoms with Crippen molar-refractivity contribution in [2.24, 2.45) is 0 Å². The number of hydrogen-bond donors (Lipinski definition) is 1. The molecule has 0 unspecified atom stereocenters. The number of rotatable bonds is 3. The number of imide groups is 1. The van der Waals surface area contributed by atoms with Gasteiger partial charge in [0, 0.05) is 11.6 Å². The quantitative estimate of drug-likeness (QED) is 0.527. The number of nitro groups is 1. The normalized spacial score (nSPS) is 9.95. The number of nitrogens with one attached hydrogen (secondary N) is 1. The Labute approximate surface area is 119 Å². The molecule has 0 fully saturated rings. The Bertz CT molecular complexity index is 710. The zero-order valence-corrected chi connectivity index (χ0v) is 11.1. The smallest absolute Gasteiger partial charge is 0.287 e. The summed E-state index contributed by atoms with van der Waals surface area (Å²) in [5.41, 5.74) is 0.825. The summed E-state index contributed by atoms with van der Waals surface area (Å²) in [6, 6.07) is 9.17. The van der Waals surface area contributed by atoms with Crippen molar-refractivity contribution >= 4 is 17.5 Å². The largest absolute Gasteiger partial charge is 0.287 e. The van der Waals surface area contributed by atoms with Crippen LogP contribution in [0.4, 0.5) is 5.69 Å². The Kier molecular flexibility index (Phi) is 4.03. The molecule has 0 aliphatic carbocycles. The van der Waals surface area contributed by atoms with Crippen molar-refractivity contribution in [1.82, 2.24) is 10.3 Å². The number of nitrogens with zero attached hydrogens (tertiary/aromatic N) is 2. The highest BCUT2D eigenvalue weighted by Crippen LogP contribution is 2.10. The Morgan fingerprint density at radius 1 is 1.14 bits per heavy atom. The second-order valence-corrected chi connectivity index (χ2v) is 4.26. The Morgan fingerprint density at radius 3 is 2.43 bits per heavy atom. The Morgan fingerprint density at radius 2 is 1.86 bits per heavy atom. The molecular weight excluding hydrogens is 274 g/mol. The van der Waals surface area contributed by atoms with Gasteiger partial charge in [0.25, 0.3) is 17.5 Å². The van der Waals surface area contributed by atoms with E-state index in [1.54, 1.807) is 31.2 Å². The lowest BCUT2D eigenvalue weighted by atomic mass is 10.1. The molecule has 2 amide bonds. The fourth-order valence-electron chi connectivity index (χ4n) is 1.69. The van der Waals surface area contributed by atoms with E-state index in [9.17, 15) is 19.7 Å². The number of carbonyl (C=O) groups is 2. The number of hydrogen-bond acceptors (Lipinski definition) is 5. The number of aryl methyl sites for hydroxylation is 1. The summed E-state index contributed by atoms with van der Waals surface area (Å²) < 4.78 is 0. The lowest BCUT2D eigenvalue weighted by Gasteiger charge is -2.05. The van der Waals surface area contributed by atoms with Gasteiger partial charge in [-0.1, -0.05) is 18.2 Å². The topological polar surface area (TPSA) is 102 Å². The van der Waals surface area contributed by atoms with Gasteiger partial charge in [-0.05, 0) is 24.6 Å². The van der Waals surface area contributed by atoms with Crippen molar-refractivity contribution in [3.8, 4) is 0 Å². The van der Waals surface area contributed by atoms with Crippen LogP contribution in [0, 0.1) is 17.0 Å². The molecule has 7 heteroatoms. The van der Waals surface area contributed by atoms with E-state index in [4.69, 9.17) is 0 Å². The predicted molar refractivity (Wildman–Crippen MR) is 73.9 cm³/mol. The molecule has 0 aliphatic rings. The van der Waals surface area contributed by atoms with Gasteiger partial charge in [-0.25, -0.2) is 4.98 Å². The molecule has 0 aliphatic heterocycles. The first-order chi connectivity index (χ1) is 9.99. The molecule has 106 valence electrons. The molecule has 1 N–H and O–H groups in total. The molecule has 0 saturated carbocycles. The minimum absolute atomic E-state index is 0.0671. The van der Waals surface area contributed by atoms with Gasteiger partial charge in [0.2, 0.25) is 0 Å². The highest BCUT2D eigenvalue weighted by molar-refractivity contribution is 6.10. The van der Waals surface area contributed by atoms with Crippen LogP contribution >= 0.6 is 0 Å². The molecule has 2 aromatic rings. The highest BCUT2D eigenvalue weighted by Gasteiger charge is 2.15. The number of benzene rings is 1. The number of aromatic nitrogens is 1. The number of carbonyl (C=O) groups excluding carboxylic acids is 2. The fourth-order valence-corrected chi connectivity index (χ4v) is 1.69. The van der Waals surface area contributed by atoms with Crippen molar-refractivity contribution in [3.05, 3.63) is 69.5 Å². The summed E-state index contributed by atoms with van der Waals surface area (Å²) in [7, 11) is 0. The maximum atomic E-state index is 12.0. The second kappa shape index (κ2) is 5.91. The first-order valence-electron chi connectivity index (χ1n) is 6.01. The maximum Gasteiger partial charge on any atom is 0.287 e. The molecule has 2 rings (SSSR count). The van der Waals surface area contributed by atoms with E-state index in [0.717, 1.165) is 17.8 Å². The lowest BCUT2D eigenvalue weighted by Crippen LogP contribution is -2.31. The van der Waals surface area contributed by atoms with Crippen LogP contribution in [0.1, 0.15) is 26.4 Å². The highest BCUT2D eigenvalue weighted by atomic mass is 16.6.